The van der Waals surface area contributed by atoms with Crippen LogP contribution in [0.5, 0.6) is 0 Å². The fourth-order valence-corrected chi connectivity index (χ4v) is 4.06. The van der Waals surface area contributed by atoms with Gasteiger partial charge in [-0.3, -0.25) is 0 Å². The van der Waals surface area contributed by atoms with Gasteiger partial charge >= 0.3 is 0 Å². The van der Waals surface area contributed by atoms with E-state index in [1.54, 1.807) is 12.5 Å². The number of hydrogen-bond donors (Lipinski definition) is 0. The first-order valence-electron chi connectivity index (χ1n) is 6.04. The molecule has 0 saturated heterocycles. The molecule has 0 unspecified atom stereocenters. The normalized spacial score (nSPS) is 20.7. The summed E-state index contributed by atoms with van der Waals surface area (Å²) in [6.45, 7) is 2.13. The number of allylic oxidation sites excluding steroid dienone is 2. The molecule has 1 aliphatic rings. The Balaban J connectivity index is 1.92. The molecule has 1 aliphatic carbocycles. The fraction of sp³-hybridized carbons (Fsp3) is 0.833. The average Bonchev–Trinajstić information content (AvgIpc) is 2.19. The van der Waals surface area contributed by atoms with E-state index in [4.69, 9.17) is 0 Å². The molecule has 0 spiro atoms. The van der Waals surface area contributed by atoms with Crippen LogP contribution in [0.3, 0.4) is 0 Å². The Morgan fingerprint density at radius 2 is 2.00 bits per heavy atom. The molecule has 1 rings (SSSR count). The SMILES string of the molecule is CC=CC[SiH2]CCC1CCCCC1. The summed E-state index contributed by atoms with van der Waals surface area (Å²) in [5, 5.41) is 0. The third-order valence-corrected chi connectivity index (χ3v) is 4.84. The maximum atomic E-state index is 2.35. The maximum absolute atomic E-state index is 2.35. The molecule has 13 heavy (non-hydrogen) atoms. The minimum absolute atomic E-state index is 0.269. The second-order valence-electron chi connectivity index (χ2n) is 4.36. The summed E-state index contributed by atoms with van der Waals surface area (Å²) >= 11 is 0. The van der Waals surface area contributed by atoms with Crippen molar-refractivity contribution in [1.82, 2.24) is 0 Å². The van der Waals surface area contributed by atoms with Crippen molar-refractivity contribution < 1.29 is 0 Å². The number of rotatable bonds is 5. The van der Waals surface area contributed by atoms with Gasteiger partial charge in [0, 0.05) is 9.52 Å². The van der Waals surface area contributed by atoms with Crippen molar-refractivity contribution in [3.63, 3.8) is 0 Å². The van der Waals surface area contributed by atoms with Gasteiger partial charge in [0.15, 0.2) is 0 Å². The molecule has 1 saturated carbocycles. The zero-order valence-electron chi connectivity index (χ0n) is 9.10. The standard InChI is InChI=1S/C12H24Si/c1-2-3-10-13-11-9-12-7-5-4-6-8-12/h2-3,12H,4-11,13H2,1H3. The van der Waals surface area contributed by atoms with Gasteiger partial charge in [0.2, 0.25) is 0 Å². The van der Waals surface area contributed by atoms with Crippen LogP contribution in [-0.4, -0.2) is 9.52 Å². The van der Waals surface area contributed by atoms with Crippen LogP contribution in [0, 0.1) is 5.92 Å². The van der Waals surface area contributed by atoms with E-state index < -0.39 is 0 Å². The van der Waals surface area contributed by atoms with Crippen molar-refractivity contribution in [3.05, 3.63) is 12.2 Å². The van der Waals surface area contributed by atoms with E-state index in [9.17, 15) is 0 Å². The highest BCUT2D eigenvalue weighted by Crippen LogP contribution is 2.27. The van der Waals surface area contributed by atoms with E-state index in [2.05, 4.69) is 19.1 Å². The molecule has 0 aliphatic heterocycles. The lowest BCUT2D eigenvalue weighted by molar-refractivity contribution is 0.349. The Morgan fingerprint density at radius 1 is 1.23 bits per heavy atom. The van der Waals surface area contributed by atoms with Crippen molar-refractivity contribution in [1.29, 1.82) is 0 Å². The molecular formula is C12H24Si. The summed E-state index contributed by atoms with van der Waals surface area (Å²) in [6, 6.07) is 3.03. The molecule has 76 valence electrons. The molecule has 0 aromatic rings. The van der Waals surface area contributed by atoms with Gasteiger partial charge in [0.05, 0.1) is 0 Å². The van der Waals surface area contributed by atoms with Gasteiger partial charge in [-0.15, -0.1) is 0 Å². The molecule has 1 heteroatoms. The molecule has 0 radical (unpaired) electrons. The summed E-state index contributed by atoms with van der Waals surface area (Å²) in [4.78, 5) is 0. The van der Waals surface area contributed by atoms with Gasteiger partial charge < -0.3 is 0 Å². The first-order chi connectivity index (χ1) is 6.43. The zero-order chi connectivity index (χ0) is 9.36. The van der Waals surface area contributed by atoms with Crippen molar-refractivity contribution in [2.75, 3.05) is 0 Å². The Hall–Kier alpha value is -0.0431. The highest BCUT2D eigenvalue weighted by atomic mass is 28.2. The Kier molecular flexibility index (Phi) is 6.25. The molecule has 0 amide bonds. The molecule has 0 aromatic carbocycles. The van der Waals surface area contributed by atoms with Crippen molar-refractivity contribution in [3.8, 4) is 0 Å². The highest BCUT2D eigenvalue weighted by molar-refractivity contribution is 6.36. The molecule has 0 bridgehead atoms. The molecule has 0 aromatic heterocycles. The minimum atomic E-state index is 0.269. The van der Waals surface area contributed by atoms with Gasteiger partial charge in [-0.1, -0.05) is 56.7 Å². The Labute approximate surface area is 85.6 Å². The van der Waals surface area contributed by atoms with Gasteiger partial charge in [-0.2, -0.15) is 0 Å². The minimum Gasteiger partial charge on any atom is -0.0920 e. The lowest BCUT2D eigenvalue weighted by Crippen LogP contribution is -2.06. The van der Waals surface area contributed by atoms with E-state index in [1.165, 1.54) is 38.1 Å². The molecular weight excluding hydrogens is 172 g/mol. The molecule has 0 N–H and O–H groups in total. The van der Waals surface area contributed by atoms with Gasteiger partial charge in [-0.05, 0) is 18.9 Å². The quantitative estimate of drug-likeness (QED) is 0.358. The second-order valence-corrected chi connectivity index (χ2v) is 6.35. The van der Waals surface area contributed by atoms with Crippen LogP contribution < -0.4 is 0 Å². The summed E-state index contributed by atoms with van der Waals surface area (Å²) in [6.07, 6.45) is 13.7. The van der Waals surface area contributed by atoms with Crippen molar-refractivity contribution >= 4 is 9.52 Å². The molecule has 0 atom stereocenters. The smallest absolute Gasteiger partial charge is 0.0240 e. The first kappa shape index (κ1) is 11.0. The van der Waals surface area contributed by atoms with E-state index >= 15 is 0 Å². The van der Waals surface area contributed by atoms with Gasteiger partial charge in [-0.25, -0.2) is 0 Å². The van der Waals surface area contributed by atoms with Gasteiger partial charge in [0.1, 0.15) is 0 Å². The summed E-state index contributed by atoms with van der Waals surface area (Å²) < 4.78 is 0. The topological polar surface area (TPSA) is 0 Å². The van der Waals surface area contributed by atoms with Gasteiger partial charge in [0.25, 0.3) is 0 Å². The third kappa shape index (κ3) is 5.30. The fourth-order valence-electron chi connectivity index (χ4n) is 2.34. The highest BCUT2D eigenvalue weighted by Gasteiger charge is 2.12. The lowest BCUT2D eigenvalue weighted by atomic mass is 9.88. The largest absolute Gasteiger partial charge is 0.0920 e. The van der Waals surface area contributed by atoms with Crippen LogP contribution in [0.1, 0.15) is 45.4 Å². The van der Waals surface area contributed by atoms with Crippen molar-refractivity contribution in [2.45, 2.75) is 57.5 Å². The second kappa shape index (κ2) is 7.37. The predicted octanol–water partition coefficient (Wildman–Crippen LogP) is 3.54. The summed E-state index contributed by atoms with van der Waals surface area (Å²) in [7, 11) is 0.269. The van der Waals surface area contributed by atoms with Crippen LogP contribution in [0.15, 0.2) is 12.2 Å². The Morgan fingerprint density at radius 3 is 2.69 bits per heavy atom. The van der Waals surface area contributed by atoms with Crippen LogP contribution >= 0.6 is 0 Å². The Bertz CT molecular complexity index is 134. The van der Waals surface area contributed by atoms with Crippen LogP contribution in [0.2, 0.25) is 12.1 Å². The first-order valence-corrected chi connectivity index (χ1v) is 8.04. The monoisotopic (exact) mass is 196 g/mol. The van der Waals surface area contributed by atoms with Crippen LogP contribution in [0.4, 0.5) is 0 Å². The molecule has 0 heterocycles. The van der Waals surface area contributed by atoms with E-state index in [0.717, 1.165) is 5.92 Å². The summed E-state index contributed by atoms with van der Waals surface area (Å²) in [5.74, 6) is 1.12. The van der Waals surface area contributed by atoms with Crippen LogP contribution in [-0.2, 0) is 0 Å². The van der Waals surface area contributed by atoms with Crippen molar-refractivity contribution in [2.24, 2.45) is 5.92 Å². The van der Waals surface area contributed by atoms with E-state index in [0.29, 0.717) is 0 Å². The maximum Gasteiger partial charge on any atom is 0.0240 e. The summed E-state index contributed by atoms with van der Waals surface area (Å²) in [5.41, 5.74) is 0. The number of hydrogen-bond acceptors (Lipinski definition) is 0. The third-order valence-electron chi connectivity index (χ3n) is 3.19. The zero-order valence-corrected chi connectivity index (χ0v) is 10.5. The molecule has 1 fully saturated rings. The lowest BCUT2D eigenvalue weighted by Gasteiger charge is -2.20. The van der Waals surface area contributed by atoms with Crippen LogP contribution in [0.25, 0.3) is 0 Å². The average molecular weight is 196 g/mol. The van der Waals surface area contributed by atoms with E-state index in [-0.39, 0.29) is 9.52 Å². The molecule has 0 nitrogen and oxygen atoms in total. The predicted molar refractivity (Wildman–Crippen MR) is 64.2 cm³/mol. The van der Waals surface area contributed by atoms with E-state index in [1.807, 2.05) is 0 Å².